The van der Waals surface area contributed by atoms with Gasteiger partial charge in [-0.1, -0.05) is 29.8 Å². The van der Waals surface area contributed by atoms with Crippen LogP contribution in [0.4, 0.5) is 19.4 Å². The van der Waals surface area contributed by atoms with Crippen molar-refractivity contribution >= 4 is 23.4 Å². The molecule has 0 aliphatic carbocycles. The highest BCUT2D eigenvalue weighted by Gasteiger charge is 2.35. The first-order chi connectivity index (χ1) is 19.2. The summed E-state index contributed by atoms with van der Waals surface area (Å²) in [7, 11) is 3.43. The van der Waals surface area contributed by atoms with Crippen LogP contribution in [0.1, 0.15) is 17.0 Å². The van der Waals surface area contributed by atoms with Crippen molar-refractivity contribution in [3.05, 3.63) is 82.6 Å². The van der Waals surface area contributed by atoms with E-state index in [0.717, 1.165) is 5.56 Å². The highest BCUT2D eigenvalue weighted by molar-refractivity contribution is 6.30. The fourth-order valence-corrected chi connectivity index (χ4v) is 5.25. The molecule has 2 N–H and O–H groups in total. The molecule has 2 unspecified atom stereocenters. The second-order valence-corrected chi connectivity index (χ2v) is 10.2. The molecule has 12 heteroatoms. The number of ether oxygens (including phenoxy) is 1. The molecular weight excluding hydrogens is 540 g/mol. The Hall–Kier alpha value is -3.80. The van der Waals surface area contributed by atoms with Gasteiger partial charge in [0.05, 0.1) is 23.9 Å². The van der Waals surface area contributed by atoms with Crippen molar-refractivity contribution in [1.82, 2.24) is 29.8 Å². The van der Waals surface area contributed by atoms with E-state index < -0.39 is 11.8 Å². The number of nitrogens with one attached hydrogen (secondary N) is 2. The summed E-state index contributed by atoms with van der Waals surface area (Å²) in [5, 5.41) is 14.8. The van der Waals surface area contributed by atoms with E-state index in [9.17, 15) is 9.18 Å². The van der Waals surface area contributed by atoms with Crippen LogP contribution in [0.2, 0.25) is 5.02 Å². The van der Waals surface area contributed by atoms with Crippen molar-refractivity contribution in [2.75, 3.05) is 38.7 Å². The van der Waals surface area contributed by atoms with E-state index >= 15 is 4.39 Å². The summed E-state index contributed by atoms with van der Waals surface area (Å²) in [4.78, 5) is 15.6. The van der Waals surface area contributed by atoms with Crippen molar-refractivity contribution in [3.8, 4) is 16.9 Å². The molecule has 2 atom stereocenters. The fraction of sp³-hybridized carbons (Fsp3) is 0.321. The lowest BCUT2D eigenvalue weighted by molar-refractivity contribution is 0.159. The summed E-state index contributed by atoms with van der Waals surface area (Å²) in [5.41, 5.74) is 2.90. The van der Waals surface area contributed by atoms with Gasteiger partial charge in [-0.15, -0.1) is 0 Å². The number of carbonyl (C=O) groups is 1. The lowest BCUT2D eigenvalue weighted by Gasteiger charge is -2.21. The lowest BCUT2D eigenvalue weighted by Crippen LogP contribution is -2.42. The molecule has 1 aliphatic heterocycles. The molecule has 1 saturated heterocycles. The summed E-state index contributed by atoms with van der Waals surface area (Å²) in [6.45, 7) is 4.31. The fourth-order valence-electron chi connectivity index (χ4n) is 5.09. The Morgan fingerprint density at radius 1 is 1.18 bits per heavy atom. The number of likely N-dealkylation sites (tertiary alicyclic amines) is 1. The third-order valence-electron chi connectivity index (χ3n) is 7.11. The van der Waals surface area contributed by atoms with Gasteiger partial charge in [-0.2, -0.15) is 10.2 Å². The smallest absolute Gasteiger partial charge is 0.320 e. The summed E-state index contributed by atoms with van der Waals surface area (Å²) in [6, 6.07) is 10.2. The van der Waals surface area contributed by atoms with Crippen LogP contribution in [0.15, 0.2) is 54.9 Å². The molecular formula is C28H30ClF2N7O2. The van der Waals surface area contributed by atoms with Gasteiger partial charge in [0, 0.05) is 57.0 Å². The van der Waals surface area contributed by atoms with Crippen LogP contribution in [0, 0.1) is 18.6 Å². The van der Waals surface area contributed by atoms with E-state index in [1.54, 1.807) is 62.4 Å². The average Bonchev–Trinajstić information content (AvgIpc) is 3.62. The number of benzene rings is 2. The van der Waals surface area contributed by atoms with E-state index in [4.69, 9.17) is 16.3 Å². The van der Waals surface area contributed by atoms with E-state index in [0.29, 0.717) is 48.9 Å². The van der Waals surface area contributed by atoms with Crippen molar-refractivity contribution in [3.63, 3.8) is 0 Å². The maximum atomic E-state index is 15.1. The molecule has 2 amide bonds. The van der Waals surface area contributed by atoms with Crippen molar-refractivity contribution in [2.45, 2.75) is 18.9 Å². The van der Waals surface area contributed by atoms with Gasteiger partial charge in [-0.05, 0) is 36.8 Å². The van der Waals surface area contributed by atoms with Crippen LogP contribution >= 0.6 is 11.6 Å². The molecule has 4 aromatic rings. The van der Waals surface area contributed by atoms with Crippen LogP contribution in [0.25, 0.3) is 16.9 Å². The molecule has 3 heterocycles. The summed E-state index contributed by atoms with van der Waals surface area (Å²) < 4.78 is 36.9. The third kappa shape index (κ3) is 5.72. The normalized spacial score (nSPS) is 17.4. The van der Waals surface area contributed by atoms with E-state index in [-0.39, 0.29) is 28.5 Å². The minimum atomic E-state index is -0.659. The van der Waals surface area contributed by atoms with Gasteiger partial charge in [0.15, 0.2) is 5.82 Å². The first-order valence-corrected chi connectivity index (χ1v) is 13.2. The highest BCUT2D eigenvalue weighted by Crippen LogP contribution is 2.33. The second-order valence-electron chi connectivity index (χ2n) is 9.83. The Balaban J connectivity index is 1.45. The monoisotopic (exact) mass is 569 g/mol. The second kappa shape index (κ2) is 11.7. The molecule has 1 aliphatic rings. The Kier molecular flexibility index (Phi) is 8.15. The van der Waals surface area contributed by atoms with Crippen LogP contribution in [-0.4, -0.2) is 69.9 Å². The van der Waals surface area contributed by atoms with Crippen LogP contribution in [-0.2, 0) is 11.8 Å². The highest BCUT2D eigenvalue weighted by atomic mass is 35.5. The quantitative estimate of drug-likeness (QED) is 0.320. The van der Waals surface area contributed by atoms with Gasteiger partial charge in [0.1, 0.15) is 23.0 Å². The predicted octanol–water partition coefficient (Wildman–Crippen LogP) is 4.75. The minimum absolute atomic E-state index is 0.0618. The minimum Gasteiger partial charge on any atom is -0.383 e. The number of aryl methyl sites for hydroxylation is 1. The van der Waals surface area contributed by atoms with Crippen LogP contribution in [0.5, 0.6) is 0 Å². The summed E-state index contributed by atoms with van der Waals surface area (Å²) in [6.07, 6.45) is 3.44. The molecule has 210 valence electrons. The number of hydrogen-bond donors (Lipinski definition) is 2. The maximum Gasteiger partial charge on any atom is 0.320 e. The van der Waals surface area contributed by atoms with Gasteiger partial charge >= 0.3 is 6.03 Å². The molecule has 5 rings (SSSR count). The Morgan fingerprint density at radius 3 is 2.65 bits per heavy atom. The zero-order chi connectivity index (χ0) is 28.4. The first-order valence-electron chi connectivity index (χ1n) is 12.8. The average molecular weight is 570 g/mol. The number of nitrogens with zero attached hydrogens (tertiary/aromatic N) is 5. The number of rotatable bonds is 8. The van der Waals surface area contributed by atoms with Crippen LogP contribution in [0.3, 0.4) is 0 Å². The van der Waals surface area contributed by atoms with Crippen molar-refractivity contribution < 1.29 is 18.3 Å². The summed E-state index contributed by atoms with van der Waals surface area (Å²) >= 11 is 6.07. The van der Waals surface area contributed by atoms with Gasteiger partial charge in [0.25, 0.3) is 0 Å². The first kappa shape index (κ1) is 27.8. The number of urea groups is 1. The van der Waals surface area contributed by atoms with Crippen molar-refractivity contribution in [1.29, 1.82) is 0 Å². The maximum absolute atomic E-state index is 15.1. The third-order valence-corrected chi connectivity index (χ3v) is 7.41. The molecule has 0 radical (unpaired) electrons. The summed E-state index contributed by atoms with van der Waals surface area (Å²) in [5.74, 6) is -0.744. The number of halogens is 3. The van der Waals surface area contributed by atoms with Gasteiger partial charge in [-0.25, -0.2) is 18.3 Å². The Bertz CT molecular complexity index is 1510. The predicted molar refractivity (Wildman–Crippen MR) is 149 cm³/mol. The largest absolute Gasteiger partial charge is 0.383 e. The number of carbonyl (C=O) groups excluding carboxylic acids is 1. The molecule has 40 heavy (non-hydrogen) atoms. The molecule has 0 saturated carbocycles. The number of anilines is 1. The zero-order valence-corrected chi connectivity index (χ0v) is 23.1. The van der Waals surface area contributed by atoms with E-state index in [1.807, 2.05) is 0 Å². The van der Waals surface area contributed by atoms with Gasteiger partial charge < -0.3 is 10.1 Å². The standard InChI is InChI=1S/C28H30ClF2N7O2/c1-17-26(19-13-32-36(2)14-19)35-38(24-6-4-5-22(29)25(24)31)27(17)34-28(39)33-23-16-37(11-12-40-3)15-21(23)18-7-9-20(30)10-8-18/h4-10,13-14,21,23H,11-12,15-16H2,1-3H3,(H2,33,34,39). The Labute approximate surface area is 235 Å². The van der Waals surface area contributed by atoms with Crippen molar-refractivity contribution in [2.24, 2.45) is 7.05 Å². The molecule has 2 aromatic carbocycles. The molecule has 0 bridgehead atoms. The van der Waals surface area contributed by atoms with Gasteiger partial charge in [0.2, 0.25) is 0 Å². The lowest BCUT2D eigenvalue weighted by atomic mass is 9.94. The topological polar surface area (TPSA) is 89.2 Å². The number of methoxy groups -OCH3 is 1. The molecule has 9 nitrogen and oxygen atoms in total. The SMILES string of the molecule is COCCN1CC(NC(=O)Nc2c(C)c(-c3cnn(C)c3)nn2-c2cccc(Cl)c2F)C(c2ccc(F)cc2)C1. The zero-order valence-electron chi connectivity index (χ0n) is 22.4. The molecule has 0 spiro atoms. The van der Waals surface area contributed by atoms with E-state index in [2.05, 4.69) is 25.7 Å². The molecule has 1 fully saturated rings. The number of hydrogen-bond acceptors (Lipinski definition) is 5. The number of amides is 2. The molecule has 2 aromatic heterocycles. The Morgan fingerprint density at radius 2 is 1.95 bits per heavy atom. The number of aromatic nitrogens is 4. The van der Waals surface area contributed by atoms with Gasteiger partial charge in [-0.3, -0.25) is 14.9 Å². The van der Waals surface area contributed by atoms with Crippen LogP contribution < -0.4 is 10.6 Å². The van der Waals surface area contributed by atoms with E-state index in [1.165, 1.54) is 22.9 Å².